The van der Waals surface area contributed by atoms with Crippen molar-refractivity contribution in [3.63, 3.8) is 0 Å². The van der Waals surface area contributed by atoms with Gasteiger partial charge < -0.3 is 4.74 Å². The molecule has 0 radical (unpaired) electrons. The fourth-order valence-corrected chi connectivity index (χ4v) is 3.81. The van der Waals surface area contributed by atoms with E-state index in [1.54, 1.807) is 23.5 Å². The maximum atomic E-state index is 11.9. The van der Waals surface area contributed by atoms with E-state index in [2.05, 4.69) is 11.1 Å². The highest BCUT2D eigenvalue weighted by atomic mass is 32.2. The summed E-state index contributed by atoms with van der Waals surface area (Å²) < 4.78 is 5.47. The molecule has 1 heterocycles. The van der Waals surface area contributed by atoms with Crippen molar-refractivity contribution >= 4 is 29.1 Å². The van der Waals surface area contributed by atoms with Crippen LogP contribution in [0, 0.1) is 25.2 Å². The van der Waals surface area contributed by atoms with Crippen molar-refractivity contribution in [1.82, 2.24) is 4.98 Å². The molecule has 120 valence electrons. The molecule has 0 saturated carbocycles. The van der Waals surface area contributed by atoms with Gasteiger partial charge in [0.1, 0.15) is 6.10 Å². The van der Waals surface area contributed by atoms with Crippen LogP contribution in [-0.4, -0.2) is 16.7 Å². The Labute approximate surface area is 144 Å². The Morgan fingerprint density at radius 2 is 2.09 bits per heavy atom. The Kier molecular flexibility index (Phi) is 6.20. The summed E-state index contributed by atoms with van der Waals surface area (Å²) in [6.45, 7) is 5.76. The zero-order valence-corrected chi connectivity index (χ0v) is 15.0. The second-order valence-electron chi connectivity index (χ2n) is 5.12. The summed E-state index contributed by atoms with van der Waals surface area (Å²) in [6, 6.07) is 9.46. The lowest BCUT2D eigenvalue weighted by Crippen LogP contribution is -2.11. The summed E-state index contributed by atoms with van der Waals surface area (Å²) in [4.78, 5) is 17.3. The highest BCUT2D eigenvalue weighted by molar-refractivity contribution is 7.99. The van der Waals surface area contributed by atoms with Crippen molar-refractivity contribution in [3.05, 3.63) is 51.0 Å². The second-order valence-corrected chi connectivity index (χ2v) is 7.34. The summed E-state index contributed by atoms with van der Waals surface area (Å²) in [7, 11) is 0. The Balaban J connectivity index is 1.78. The molecule has 0 saturated heterocycles. The summed E-state index contributed by atoms with van der Waals surface area (Å²) >= 11 is 3.07. The van der Waals surface area contributed by atoms with Gasteiger partial charge in [0.25, 0.3) is 0 Å². The molecule has 0 fully saturated rings. The number of aryl methyl sites for hydroxylation is 2. The molecule has 0 aliphatic rings. The average Bonchev–Trinajstić information content (AvgIpc) is 2.86. The third-order valence-corrected chi connectivity index (χ3v) is 5.40. The summed E-state index contributed by atoms with van der Waals surface area (Å²) in [5, 5.41) is 9.74. The smallest absolute Gasteiger partial charge is 0.316 e. The Bertz CT molecular complexity index is 717. The van der Waals surface area contributed by atoms with Crippen LogP contribution in [0.1, 0.15) is 39.7 Å². The number of nitrogens with zero attached hydrogens (tertiary/aromatic N) is 2. The van der Waals surface area contributed by atoms with Gasteiger partial charge in [0.15, 0.2) is 0 Å². The topological polar surface area (TPSA) is 63.0 Å². The first-order valence-electron chi connectivity index (χ1n) is 7.19. The van der Waals surface area contributed by atoms with Crippen LogP contribution in [-0.2, 0) is 15.3 Å². The molecule has 0 spiro atoms. The van der Waals surface area contributed by atoms with Gasteiger partial charge in [-0.25, -0.2) is 4.98 Å². The minimum atomic E-state index is -0.260. The molecule has 0 amide bonds. The number of nitriles is 1. The van der Waals surface area contributed by atoms with Gasteiger partial charge in [-0.05, 0) is 38.5 Å². The van der Waals surface area contributed by atoms with Gasteiger partial charge in [-0.1, -0.05) is 12.1 Å². The number of carbonyl (C=O) groups is 1. The monoisotopic (exact) mass is 346 g/mol. The first-order chi connectivity index (χ1) is 11.0. The lowest BCUT2D eigenvalue weighted by atomic mass is 10.2. The second kappa shape index (κ2) is 8.14. The highest BCUT2D eigenvalue weighted by Crippen LogP contribution is 2.27. The van der Waals surface area contributed by atoms with E-state index in [4.69, 9.17) is 10.00 Å². The molecular formula is C17H18N2O2S2. The number of aromatic nitrogens is 1. The van der Waals surface area contributed by atoms with Gasteiger partial charge in [0, 0.05) is 5.75 Å². The average molecular weight is 346 g/mol. The number of carbonyl (C=O) groups excluding carboxylic acids is 1. The van der Waals surface area contributed by atoms with Crippen LogP contribution in [0.2, 0.25) is 0 Å². The van der Waals surface area contributed by atoms with Gasteiger partial charge >= 0.3 is 5.97 Å². The normalized spacial score (nSPS) is 11.7. The van der Waals surface area contributed by atoms with Crippen molar-refractivity contribution in [1.29, 1.82) is 5.26 Å². The van der Waals surface area contributed by atoms with Crippen molar-refractivity contribution in [2.24, 2.45) is 0 Å². The molecule has 0 unspecified atom stereocenters. The van der Waals surface area contributed by atoms with Gasteiger partial charge in [-0.3, -0.25) is 4.79 Å². The number of ether oxygens (including phenoxy) is 1. The minimum Gasteiger partial charge on any atom is -0.456 e. The Hall–Kier alpha value is -1.84. The first kappa shape index (κ1) is 17.5. The molecule has 1 aromatic carbocycles. The van der Waals surface area contributed by atoms with Gasteiger partial charge in [0.2, 0.25) is 0 Å². The lowest BCUT2D eigenvalue weighted by molar-refractivity contribution is -0.145. The molecule has 0 aliphatic carbocycles. The van der Waals surface area contributed by atoms with E-state index in [1.165, 1.54) is 11.8 Å². The number of thiazole rings is 1. The Morgan fingerprint density at radius 3 is 2.65 bits per heavy atom. The highest BCUT2D eigenvalue weighted by Gasteiger charge is 2.17. The molecule has 1 aromatic heterocycles. The fraction of sp³-hybridized carbons (Fsp3) is 0.353. The van der Waals surface area contributed by atoms with Crippen molar-refractivity contribution in [2.45, 2.75) is 32.6 Å². The molecule has 6 heteroatoms. The molecule has 0 N–H and O–H groups in total. The summed E-state index contributed by atoms with van der Waals surface area (Å²) in [6.07, 6.45) is -0.260. The van der Waals surface area contributed by atoms with Crippen molar-refractivity contribution < 1.29 is 9.53 Å². The van der Waals surface area contributed by atoms with Crippen molar-refractivity contribution in [2.75, 3.05) is 5.75 Å². The van der Waals surface area contributed by atoms with E-state index >= 15 is 0 Å². The lowest BCUT2D eigenvalue weighted by Gasteiger charge is -2.12. The van der Waals surface area contributed by atoms with Crippen LogP contribution in [0.15, 0.2) is 24.3 Å². The van der Waals surface area contributed by atoms with E-state index in [1.807, 2.05) is 32.9 Å². The number of rotatable bonds is 6. The SMILES string of the molecule is Cc1nc(C)c([C@@H](C)OC(=O)CSCc2ccc(C#N)cc2)s1. The predicted octanol–water partition coefficient (Wildman–Crippen LogP) is 4.17. The zero-order chi connectivity index (χ0) is 16.8. The zero-order valence-electron chi connectivity index (χ0n) is 13.3. The quantitative estimate of drug-likeness (QED) is 0.735. The third kappa shape index (κ3) is 5.08. The van der Waals surface area contributed by atoms with Crippen LogP contribution in [0.3, 0.4) is 0 Å². The molecule has 4 nitrogen and oxygen atoms in total. The number of hydrogen-bond donors (Lipinski definition) is 0. The molecule has 2 rings (SSSR count). The fourth-order valence-electron chi connectivity index (χ4n) is 2.14. The van der Waals surface area contributed by atoms with Crippen LogP contribution in [0.4, 0.5) is 0 Å². The van der Waals surface area contributed by atoms with Gasteiger partial charge in [-0.2, -0.15) is 5.26 Å². The van der Waals surface area contributed by atoms with Crippen LogP contribution in [0.25, 0.3) is 0 Å². The van der Waals surface area contributed by atoms with E-state index in [0.717, 1.165) is 21.1 Å². The Morgan fingerprint density at radius 1 is 1.39 bits per heavy atom. The maximum Gasteiger partial charge on any atom is 0.316 e. The molecular weight excluding hydrogens is 328 g/mol. The van der Waals surface area contributed by atoms with Crippen LogP contribution < -0.4 is 0 Å². The summed E-state index contributed by atoms with van der Waals surface area (Å²) in [5.41, 5.74) is 2.66. The van der Waals surface area contributed by atoms with E-state index in [0.29, 0.717) is 17.1 Å². The van der Waals surface area contributed by atoms with Crippen LogP contribution in [0.5, 0.6) is 0 Å². The predicted molar refractivity (Wildman–Crippen MR) is 93.4 cm³/mol. The number of thioether (sulfide) groups is 1. The molecule has 1 atom stereocenters. The van der Waals surface area contributed by atoms with E-state index in [-0.39, 0.29) is 12.1 Å². The van der Waals surface area contributed by atoms with Gasteiger partial charge in [0.05, 0.1) is 33.0 Å². The molecule has 2 aromatic rings. The number of esters is 1. The number of hydrogen-bond acceptors (Lipinski definition) is 6. The van der Waals surface area contributed by atoms with Crippen molar-refractivity contribution in [3.8, 4) is 6.07 Å². The summed E-state index contributed by atoms with van der Waals surface area (Å²) in [5.74, 6) is 0.802. The third-order valence-electron chi connectivity index (χ3n) is 3.19. The molecule has 23 heavy (non-hydrogen) atoms. The standard InChI is InChI=1S/C17H18N2O2S2/c1-11-17(23-13(3)19-11)12(2)21-16(20)10-22-9-15-6-4-14(8-18)5-7-15/h4-7,12H,9-10H2,1-3H3/t12-/m1/s1. The minimum absolute atomic E-state index is 0.221. The molecule has 0 aliphatic heterocycles. The number of benzene rings is 1. The first-order valence-corrected chi connectivity index (χ1v) is 9.17. The maximum absolute atomic E-state index is 11.9. The molecule has 0 bridgehead atoms. The largest absolute Gasteiger partial charge is 0.456 e. The van der Waals surface area contributed by atoms with Gasteiger partial charge in [-0.15, -0.1) is 23.1 Å². The van der Waals surface area contributed by atoms with E-state index < -0.39 is 0 Å². The van der Waals surface area contributed by atoms with E-state index in [9.17, 15) is 4.79 Å². The van der Waals surface area contributed by atoms with Crippen LogP contribution >= 0.6 is 23.1 Å².